The van der Waals surface area contributed by atoms with E-state index in [9.17, 15) is 8.63 Å². The van der Waals surface area contributed by atoms with Gasteiger partial charge in [-0.05, 0) is 64.4 Å². The van der Waals surface area contributed by atoms with Crippen LogP contribution in [-0.2, 0) is 15.0 Å². The summed E-state index contributed by atoms with van der Waals surface area (Å²) < 4.78 is 43.0. The van der Waals surface area contributed by atoms with E-state index in [1.54, 1.807) is 26.2 Å². The fourth-order valence-electron chi connectivity index (χ4n) is 3.88. The van der Waals surface area contributed by atoms with Crippen LogP contribution in [0.15, 0.2) is 84.9 Å². The largest absolute Gasteiger partial charge is 0.721 e. The van der Waals surface area contributed by atoms with Gasteiger partial charge in [-0.3, -0.25) is 8.63 Å². The van der Waals surface area contributed by atoms with E-state index in [1.807, 2.05) is 72.8 Å². The smallest absolute Gasteiger partial charge is 0.497 e. The highest BCUT2D eigenvalue weighted by atomic mass is 19.2. The van der Waals surface area contributed by atoms with Crippen molar-refractivity contribution in [3.8, 4) is 5.75 Å². The van der Waals surface area contributed by atoms with Gasteiger partial charge in [0.15, 0.2) is 0 Å². The summed E-state index contributed by atoms with van der Waals surface area (Å²) in [4.78, 5) is 0. The molecule has 0 saturated heterocycles. The van der Waals surface area contributed by atoms with Crippen molar-refractivity contribution in [1.82, 2.24) is 0 Å². The molecule has 0 spiro atoms. The van der Waals surface area contributed by atoms with Gasteiger partial charge in [0.25, 0.3) is 0 Å². The van der Waals surface area contributed by atoms with E-state index in [0.29, 0.717) is 11.3 Å². The zero-order valence-electron chi connectivity index (χ0n) is 18.1. The Hall–Kier alpha value is -3.38. The summed E-state index contributed by atoms with van der Waals surface area (Å²) in [5.74, 6) is 1.21. The molecule has 1 atom stereocenters. The van der Waals surface area contributed by atoms with Gasteiger partial charge in [-0.15, -0.1) is 0 Å². The molecule has 0 aliphatic rings. The van der Waals surface area contributed by atoms with E-state index in [-0.39, 0.29) is 0 Å². The minimum absolute atomic E-state index is 0.444. The average Bonchev–Trinajstić information content (AvgIpc) is 2.81. The van der Waals surface area contributed by atoms with Crippen molar-refractivity contribution in [2.45, 2.75) is 12.5 Å². The van der Waals surface area contributed by atoms with E-state index in [1.165, 1.54) is 7.11 Å². The zero-order valence-corrected chi connectivity index (χ0v) is 18.1. The maximum Gasteiger partial charge on any atom is 0.721 e. The van der Waals surface area contributed by atoms with Crippen molar-refractivity contribution < 1.29 is 22.8 Å². The molecule has 0 radical (unpaired) electrons. The summed E-state index contributed by atoms with van der Waals surface area (Å²) >= 11 is 0. The lowest BCUT2D eigenvalue weighted by atomic mass is 9.90. The molecule has 0 aliphatic carbocycles. The van der Waals surface area contributed by atoms with E-state index in [0.717, 1.165) is 32.9 Å². The maximum absolute atomic E-state index is 13.5. The molecule has 0 fully saturated rings. The second-order valence-corrected chi connectivity index (χ2v) is 7.69. The molecule has 0 amide bonds. The first-order valence-corrected chi connectivity index (χ1v) is 10.2. The molecular weight excluding hydrogens is 409 g/mol. The predicted octanol–water partition coefficient (Wildman–Crippen LogP) is 6.84. The second-order valence-electron chi connectivity index (χ2n) is 7.69. The highest BCUT2D eigenvalue weighted by molar-refractivity contribution is 6.34. The van der Waals surface area contributed by atoms with Crippen LogP contribution in [0.2, 0.25) is 0 Å². The minimum Gasteiger partial charge on any atom is -0.497 e. The topological polar surface area (TPSA) is 27.7 Å². The third kappa shape index (κ3) is 4.46. The molecule has 3 nitrogen and oxygen atoms in total. The molecule has 0 bridgehead atoms. The van der Waals surface area contributed by atoms with Gasteiger partial charge in [-0.2, -0.15) is 0 Å². The van der Waals surface area contributed by atoms with Crippen LogP contribution in [0.1, 0.15) is 18.1 Å². The first-order valence-electron chi connectivity index (χ1n) is 10.2. The normalized spacial score (nSPS) is 13.7. The number of benzene rings is 4. The highest BCUT2D eigenvalue weighted by Crippen LogP contribution is 2.35. The summed E-state index contributed by atoms with van der Waals surface area (Å²) in [6.07, 6.45) is 1.61. The van der Waals surface area contributed by atoms with E-state index in [4.69, 9.17) is 14.1 Å². The second kappa shape index (κ2) is 9.01. The number of methoxy groups -OCH3 is 2. The summed E-state index contributed by atoms with van der Waals surface area (Å²) in [6, 6.07) is 24.9. The van der Waals surface area contributed by atoms with Gasteiger partial charge in [0, 0.05) is 5.56 Å². The molecule has 32 heavy (non-hydrogen) atoms. The monoisotopic (exact) mass is 432 g/mol. The molecule has 0 aromatic heterocycles. The van der Waals surface area contributed by atoms with Crippen molar-refractivity contribution in [3.63, 3.8) is 0 Å². The van der Waals surface area contributed by atoms with Crippen LogP contribution in [0, 0.1) is 0 Å². The number of ether oxygens (including phenoxy) is 2. The number of hydrogen-bond donors (Lipinski definition) is 0. The fourth-order valence-corrected chi connectivity index (χ4v) is 3.88. The third-order valence-corrected chi connectivity index (χ3v) is 5.61. The molecule has 6 heteroatoms. The van der Waals surface area contributed by atoms with E-state index >= 15 is 0 Å². The molecule has 1 unspecified atom stereocenters. The molecule has 0 N–H and O–H groups in total. The lowest BCUT2D eigenvalue weighted by Crippen LogP contribution is -2.28. The van der Waals surface area contributed by atoms with Crippen molar-refractivity contribution in [3.05, 3.63) is 96.1 Å². The fraction of sp³-hybridized carbons (Fsp3) is 0.154. The van der Waals surface area contributed by atoms with Crippen LogP contribution >= 0.6 is 0 Å². The first kappa shape index (κ1) is 21.8. The number of rotatable bonds is 7. The lowest BCUT2D eigenvalue weighted by Gasteiger charge is -2.28. The first-order chi connectivity index (χ1) is 15.4. The SMILES string of the molecule is CO/C(=C\C(C)(OB(F)F)c1ccc2ccccc2c1)c1ccc2cc(OC)ccc2c1. The third-order valence-electron chi connectivity index (χ3n) is 5.61. The summed E-state index contributed by atoms with van der Waals surface area (Å²) in [6.45, 7) is 1.62. The molecule has 162 valence electrons. The number of fused-ring (bicyclic) bond motifs is 2. The Balaban J connectivity index is 1.80. The van der Waals surface area contributed by atoms with Crippen molar-refractivity contribution in [1.29, 1.82) is 0 Å². The standard InChI is InChI=1S/C26H23BF2O3/c1-26(32-27(28)29,23-12-10-18-6-4-5-7-19(18)15-23)17-25(31-3)22-9-8-21-16-24(30-2)13-11-20(21)14-22/h4-17H,1-3H3/b25-17-. The number of halogens is 2. The van der Waals surface area contributed by atoms with Crippen LogP contribution in [0.4, 0.5) is 8.63 Å². The number of hydrogen-bond acceptors (Lipinski definition) is 3. The summed E-state index contributed by atoms with van der Waals surface area (Å²) in [7, 11) is 0.190. The van der Waals surface area contributed by atoms with E-state index < -0.39 is 13.1 Å². The van der Waals surface area contributed by atoms with Crippen LogP contribution < -0.4 is 4.74 Å². The average molecular weight is 432 g/mol. The maximum atomic E-state index is 13.5. The van der Waals surface area contributed by atoms with Crippen LogP contribution in [-0.4, -0.2) is 21.7 Å². The van der Waals surface area contributed by atoms with Gasteiger partial charge < -0.3 is 14.1 Å². The van der Waals surface area contributed by atoms with Crippen molar-refractivity contribution in [2.24, 2.45) is 0 Å². The van der Waals surface area contributed by atoms with Crippen LogP contribution in [0.5, 0.6) is 5.75 Å². The van der Waals surface area contributed by atoms with Crippen LogP contribution in [0.3, 0.4) is 0 Å². The van der Waals surface area contributed by atoms with Crippen molar-refractivity contribution >= 4 is 34.8 Å². The zero-order chi connectivity index (χ0) is 22.7. The van der Waals surface area contributed by atoms with E-state index in [2.05, 4.69) is 0 Å². The Morgan fingerprint density at radius 2 is 1.47 bits per heavy atom. The quantitative estimate of drug-likeness (QED) is 0.236. The highest BCUT2D eigenvalue weighted by Gasteiger charge is 2.34. The van der Waals surface area contributed by atoms with Gasteiger partial charge >= 0.3 is 7.47 Å². The molecule has 4 aromatic carbocycles. The van der Waals surface area contributed by atoms with Crippen molar-refractivity contribution in [2.75, 3.05) is 14.2 Å². The van der Waals surface area contributed by atoms with Crippen LogP contribution in [0.25, 0.3) is 27.3 Å². The van der Waals surface area contributed by atoms with Gasteiger partial charge in [0.1, 0.15) is 17.1 Å². The van der Waals surface area contributed by atoms with Gasteiger partial charge in [0.05, 0.1) is 14.2 Å². The minimum atomic E-state index is -2.95. The van der Waals surface area contributed by atoms with Gasteiger partial charge in [-0.1, -0.05) is 54.6 Å². The summed E-state index contributed by atoms with van der Waals surface area (Å²) in [5.41, 5.74) is -0.0371. The molecular formula is C26H23BF2O3. The lowest BCUT2D eigenvalue weighted by molar-refractivity contribution is 0.103. The predicted molar refractivity (Wildman–Crippen MR) is 126 cm³/mol. The molecule has 0 heterocycles. The Bertz CT molecular complexity index is 1290. The Morgan fingerprint density at radius 1 is 0.812 bits per heavy atom. The summed E-state index contributed by atoms with van der Waals surface area (Å²) in [5, 5.41) is 3.95. The molecule has 4 rings (SSSR count). The Kier molecular flexibility index (Phi) is 6.15. The van der Waals surface area contributed by atoms with Gasteiger partial charge in [-0.25, -0.2) is 0 Å². The van der Waals surface area contributed by atoms with Gasteiger partial charge in [0.2, 0.25) is 0 Å². The molecule has 0 aliphatic heterocycles. The Labute approximate surface area is 186 Å². The Morgan fingerprint density at radius 3 is 2.19 bits per heavy atom. The molecule has 0 saturated carbocycles. The molecule has 4 aromatic rings.